The Kier molecular flexibility index (Phi) is 4.21. The van der Waals surface area contributed by atoms with Crippen LogP contribution in [-0.2, 0) is 9.78 Å². The van der Waals surface area contributed by atoms with Crippen LogP contribution < -0.4 is 0 Å². The van der Waals surface area contributed by atoms with E-state index in [2.05, 4.69) is 20.8 Å². The Morgan fingerprint density at radius 3 is 1.50 bits per heavy atom. The van der Waals surface area contributed by atoms with E-state index in [1.54, 1.807) is 0 Å². The highest BCUT2D eigenvalue weighted by atomic mass is 17.2. The van der Waals surface area contributed by atoms with Gasteiger partial charge in [-0.2, -0.15) is 0 Å². The summed E-state index contributed by atoms with van der Waals surface area (Å²) in [5.41, 5.74) is -0.348. The summed E-state index contributed by atoms with van der Waals surface area (Å²) < 4.78 is 0. The second-order valence-electron chi connectivity index (χ2n) is 4.44. The molecule has 0 aromatic heterocycles. The quantitative estimate of drug-likeness (QED) is 0.481. The van der Waals surface area contributed by atoms with Crippen molar-refractivity contribution in [3.05, 3.63) is 0 Å². The molecule has 0 aliphatic carbocycles. The Hall–Kier alpha value is -0.0800. The van der Waals surface area contributed by atoms with Gasteiger partial charge in [0.05, 0.1) is 5.60 Å². The minimum absolute atomic E-state index is 0.132. The van der Waals surface area contributed by atoms with Crippen LogP contribution in [0.5, 0.6) is 0 Å². The fourth-order valence-electron chi connectivity index (χ4n) is 0.593. The van der Waals surface area contributed by atoms with Crippen LogP contribution in [0, 0.1) is 0 Å². The van der Waals surface area contributed by atoms with Gasteiger partial charge in [0, 0.05) is 0 Å². The molecule has 0 radical (unpaired) electrons. The van der Waals surface area contributed by atoms with Gasteiger partial charge in [-0.15, -0.1) is 0 Å². The van der Waals surface area contributed by atoms with Gasteiger partial charge >= 0.3 is 0 Å². The molecule has 2 heteroatoms. The predicted octanol–water partition coefficient (Wildman–Crippen LogP) is 3.31. The van der Waals surface area contributed by atoms with Gasteiger partial charge in [0.25, 0.3) is 0 Å². The molecule has 0 rings (SSSR count). The summed E-state index contributed by atoms with van der Waals surface area (Å²) in [7, 11) is 0. The zero-order valence-electron chi connectivity index (χ0n) is 9.23. The molecular formula is C10H22O2. The van der Waals surface area contributed by atoms with Crippen molar-refractivity contribution in [1.82, 2.24) is 0 Å². The van der Waals surface area contributed by atoms with Crippen LogP contribution in [0.15, 0.2) is 0 Å². The molecule has 0 aliphatic heterocycles. The van der Waals surface area contributed by atoms with Crippen LogP contribution in [0.25, 0.3) is 0 Å². The van der Waals surface area contributed by atoms with E-state index >= 15 is 0 Å². The normalized spacial score (nSPS) is 13.5. The lowest BCUT2D eigenvalue weighted by molar-refractivity contribution is -0.401. The summed E-state index contributed by atoms with van der Waals surface area (Å²) in [5, 5.41) is 0. The van der Waals surface area contributed by atoms with E-state index in [4.69, 9.17) is 9.78 Å². The molecule has 0 aliphatic rings. The van der Waals surface area contributed by atoms with Crippen molar-refractivity contribution in [2.24, 2.45) is 0 Å². The Morgan fingerprint density at radius 2 is 1.25 bits per heavy atom. The number of hydrogen-bond donors (Lipinski definition) is 0. The molecule has 0 bridgehead atoms. The highest BCUT2D eigenvalue weighted by Gasteiger charge is 2.24. The topological polar surface area (TPSA) is 18.5 Å². The van der Waals surface area contributed by atoms with Crippen LogP contribution in [-0.4, -0.2) is 11.2 Å². The molecule has 74 valence electrons. The van der Waals surface area contributed by atoms with Gasteiger partial charge in [-0.25, -0.2) is 9.78 Å². The lowest BCUT2D eigenvalue weighted by atomic mass is 10.0. The largest absolute Gasteiger partial charge is 0.230 e. The molecule has 0 saturated carbocycles. The minimum atomic E-state index is -0.217. The fraction of sp³-hybridized carbons (Fsp3) is 1.00. The van der Waals surface area contributed by atoms with Crippen molar-refractivity contribution in [3.8, 4) is 0 Å². The minimum Gasteiger partial charge on any atom is -0.230 e. The van der Waals surface area contributed by atoms with Crippen LogP contribution >= 0.6 is 0 Å². The fourth-order valence-corrected chi connectivity index (χ4v) is 0.593. The van der Waals surface area contributed by atoms with Crippen molar-refractivity contribution >= 4 is 0 Å². The average molecular weight is 174 g/mol. The monoisotopic (exact) mass is 174 g/mol. The van der Waals surface area contributed by atoms with Gasteiger partial charge < -0.3 is 0 Å². The van der Waals surface area contributed by atoms with E-state index in [0.29, 0.717) is 0 Å². The first-order chi connectivity index (χ1) is 5.33. The summed E-state index contributed by atoms with van der Waals surface area (Å²) in [4.78, 5) is 10.7. The summed E-state index contributed by atoms with van der Waals surface area (Å²) in [6.45, 7) is 12.2. The molecule has 0 aromatic rings. The van der Waals surface area contributed by atoms with Crippen LogP contribution in [0.4, 0.5) is 0 Å². The predicted molar refractivity (Wildman–Crippen MR) is 50.9 cm³/mol. The molecule has 0 heterocycles. The molecular weight excluding hydrogens is 152 g/mol. The highest BCUT2D eigenvalue weighted by Crippen LogP contribution is 2.22. The maximum Gasteiger partial charge on any atom is 0.100 e. The Balaban J connectivity index is 3.89. The van der Waals surface area contributed by atoms with Crippen LogP contribution in [0.1, 0.15) is 54.4 Å². The van der Waals surface area contributed by atoms with Gasteiger partial charge in [0.15, 0.2) is 0 Å². The zero-order chi connectivity index (χ0) is 9.83. The first-order valence-electron chi connectivity index (χ1n) is 4.70. The second kappa shape index (κ2) is 4.24. The van der Waals surface area contributed by atoms with E-state index in [-0.39, 0.29) is 11.2 Å². The van der Waals surface area contributed by atoms with E-state index in [9.17, 15) is 0 Å². The third-order valence-electron chi connectivity index (χ3n) is 1.99. The van der Waals surface area contributed by atoms with Crippen LogP contribution in [0.3, 0.4) is 0 Å². The third kappa shape index (κ3) is 4.73. The highest BCUT2D eigenvalue weighted by molar-refractivity contribution is 4.69. The lowest BCUT2D eigenvalue weighted by Crippen LogP contribution is -2.32. The molecule has 0 unspecified atom stereocenters. The van der Waals surface area contributed by atoms with E-state index < -0.39 is 0 Å². The third-order valence-corrected chi connectivity index (χ3v) is 1.99. The Bertz CT molecular complexity index is 120. The molecule has 0 spiro atoms. The second-order valence-corrected chi connectivity index (χ2v) is 4.44. The lowest BCUT2D eigenvalue weighted by Gasteiger charge is -2.29. The maximum atomic E-state index is 5.39. The van der Waals surface area contributed by atoms with E-state index in [1.807, 2.05) is 20.8 Å². The first kappa shape index (κ1) is 11.9. The Morgan fingerprint density at radius 1 is 0.833 bits per heavy atom. The molecule has 0 fully saturated rings. The molecule has 0 amide bonds. The van der Waals surface area contributed by atoms with Crippen LogP contribution in [0.2, 0.25) is 0 Å². The summed E-state index contributed by atoms with van der Waals surface area (Å²) >= 11 is 0. The SMILES string of the molecule is CCC(C)(CC)OOC(C)(C)C. The summed E-state index contributed by atoms with van der Waals surface area (Å²) in [5.74, 6) is 0. The average Bonchev–Trinajstić information content (AvgIpc) is 1.99. The van der Waals surface area contributed by atoms with Crippen molar-refractivity contribution in [2.75, 3.05) is 0 Å². The number of rotatable bonds is 4. The molecule has 0 saturated heterocycles. The van der Waals surface area contributed by atoms with Gasteiger partial charge in [-0.1, -0.05) is 13.8 Å². The molecule has 12 heavy (non-hydrogen) atoms. The van der Waals surface area contributed by atoms with Crippen molar-refractivity contribution in [1.29, 1.82) is 0 Å². The van der Waals surface area contributed by atoms with E-state index in [1.165, 1.54) is 0 Å². The molecule has 0 atom stereocenters. The molecule has 0 aromatic carbocycles. The molecule has 0 N–H and O–H groups in total. The van der Waals surface area contributed by atoms with Gasteiger partial charge in [-0.05, 0) is 40.5 Å². The van der Waals surface area contributed by atoms with Gasteiger partial charge in [0.1, 0.15) is 5.60 Å². The standard InChI is InChI=1S/C10H22O2/c1-7-10(6,8-2)12-11-9(3,4)5/h7-8H2,1-6H3. The smallest absolute Gasteiger partial charge is 0.100 e. The summed E-state index contributed by atoms with van der Waals surface area (Å²) in [6.07, 6.45) is 1.94. The first-order valence-corrected chi connectivity index (χ1v) is 4.70. The van der Waals surface area contributed by atoms with E-state index in [0.717, 1.165) is 12.8 Å². The maximum absolute atomic E-state index is 5.39. The van der Waals surface area contributed by atoms with Gasteiger partial charge in [-0.3, -0.25) is 0 Å². The number of hydrogen-bond acceptors (Lipinski definition) is 2. The summed E-state index contributed by atoms with van der Waals surface area (Å²) in [6, 6.07) is 0. The van der Waals surface area contributed by atoms with Crippen molar-refractivity contribution in [3.63, 3.8) is 0 Å². The Labute approximate surface area is 76.2 Å². The van der Waals surface area contributed by atoms with Crippen molar-refractivity contribution < 1.29 is 9.78 Å². The van der Waals surface area contributed by atoms with Gasteiger partial charge in [0.2, 0.25) is 0 Å². The zero-order valence-corrected chi connectivity index (χ0v) is 9.23. The van der Waals surface area contributed by atoms with Crippen molar-refractivity contribution in [2.45, 2.75) is 65.6 Å². The molecule has 2 nitrogen and oxygen atoms in total.